The minimum atomic E-state index is -0.981. The number of carbonyl (C=O) groups excluding carboxylic acids is 1. The van der Waals surface area contributed by atoms with Crippen LogP contribution >= 0.6 is 0 Å². The third-order valence-corrected chi connectivity index (χ3v) is 6.90. The molecule has 0 fully saturated rings. The molecule has 0 atom stereocenters. The number of nitrogens with one attached hydrogen (secondary N) is 1. The standard InChI is InChI=1S/C33H25N3O3/c37-32(34-19-22-10-14-26(15-11-22)33(38)39)30-18-29(24-6-2-1-3-7-24)21-36-31(30)28(20-35-36)17-23-12-13-25-8-4-5-9-27(25)16-23/h1-16,18,20-21H,17,19H2,(H,34,37)(H,38,39). The third kappa shape index (κ3) is 5.00. The van der Waals surface area contributed by atoms with E-state index in [1.165, 1.54) is 22.9 Å². The lowest BCUT2D eigenvalue weighted by atomic mass is 9.99. The van der Waals surface area contributed by atoms with E-state index < -0.39 is 5.97 Å². The van der Waals surface area contributed by atoms with Gasteiger partial charge in [-0.15, -0.1) is 0 Å². The van der Waals surface area contributed by atoms with Crippen molar-refractivity contribution in [2.45, 2.75) is 13.0 Å². The average molecular weight is 512 g/mol. The summed E-state index contributed by atoms with van der Waals surface area (Å²) in [6.07, 6.45) is 4.42. The summed E-state index contributed by atoms with van der Waals surface area (Å²) in [5, 5.41) is 19.1. The molecule has 0 saturated heterocycles. The van der Waals surface area contributed by atoms with Crippen LogP contribution in [0.15, 0.2) is 116 Å². The van der Waals surface area contributed by atoms with Crippen molar-refractivity contribution in [2.24, 2.45) is 0 Å². The first-order chi connectivity index (χ1) is 19.0. The molecule has 0 saturated carbocycles. The van der Waals surface area contributed by atoms with Crippen molar-refractivity contribution >= 4 is 28.2 Å². The monoisotopic (exact) mass is 511 g/mol. The maximum Gasteiger partial charge on any atom is 0.335 e. The molecule has 6 rings (SSSR count). The van der Waals surface area contributed by atoms with Crippen LogP contribution in [0.4, 0.5) is 0 Å². The number of fused-ring (bicyclic) bond motifs is 2. The second-order valence-electron chi connectivity index (χ2n) is 9.51. The molecule has 2 N–H and O–H groups in total. The van der Waals surface area contributed by atoms with Gasteiger partial charge in [-0.2, -0.15) is 5.10 Å². The van der Waals surface area contributed by atoms with Crippen molar-refractivity contribution in [2.75, 3.05) is 0 Å². The van der Waals surface area contributed by atoms with E-state index in [4.69, 9.17) is 5.11 Å². The summed E-state index contributed by atoms with van der Waals surface area (Å²) in [4.78, 5) is 24.8. The average Bonchev–Trinajstić information content (AvgIpc) is 3.38. The summed E-state index contributed by atoms with van der Waals surface area (Å²) in [5.41, 5.74) is 6.30. The molecule has 0 bridgehead atoms. The molecule has 0 spiro atoms. The van der Waals surface area contributed by atoms with Crippen LogP contribution in [-0.2, 0) is 13.0 Å². The van der Waals surface area contributed by atoms with Crippen LogP contribution in [0.25, 0.3) is 27.4 Å². The molecule has 2 heterocycles. The highest BCUT2D eigenvalue weighted by molar-refractivity contribution is 6.02. The number of hydrogen-bond acceptors (Lipinski definition) is 3. The summed E-state index contributed by atoms with van der Waals surface area (Å²) in [6.45, 7) is 0.272. The number of rotatable bonds is 7. The van der Waals surface area contributed by atoms with Crippen molar-refractivity contribution in [1.29, 1.82) is 0 Å². The van der Waals surface area contributed by atoms with Gasteiger partial charge in [-0.3, -0.25) is 4.79 Å². The summed E-state index contributed by atoms with van der Waals surface area (Å²) in [5.74, 6) is -1.20. The van der Waals surface area contributed by atoms with Crippen LogP contribution in [0.5, 0.6) is 0 Å². The fraction of sp³-hybridized carbons (Fsp3) is 0.0606. The molecule has 1 amide bonds. The predicted molar refractivity (Wildman–Crippen MR) is 152 cm³/mol. The van der Waals surface area contributed by atoms with Gasteiger partial charge in [-0.1, -0.05) is 84.9 Å². The molecule has 0 aliphatic rings. The van der Waals surface area contributed by atoms with E-state index in [1.54, 1.807) is 16.6 Å². The number of pyridine rings is 1. The Morgan fingerprint density at radius 2 is 1.49 bits per heavy atom. The number of hydrogen-bond donors (Lipinski definition) is 2. The highest BCUT2D eigenvalue weighted by Crippen LogP contribution is 2.27. The molecule has 6 heteroatoms. The minimum absolute atomic E-state index is 0.208. The Bertz CT molecular complexity index is 1820. The molecular weight excluding hydrogens is 486 g/mol. The van der Waals surface area contributed by atoms with Crippen LogP contribution in [0, 0.1) is 0 Å². The van der Waals surface area contributed by atoms with Crippen LogP contribution in [0.1, 0.15) is 37.4 Å². The minimum Gasteiger partial charge on any atom is -0.478 e. The normalized spacial score (nSPS) is 11.1. The highest BCUT2D eigenvalue weighted by atomic mass is 16.4. The Morgan fingerprint density at radius 1 is 0.769 bits per heavy atom. The van der Waals surface area contributed by atoms with Crippen molar-refractivity contribution < 1.29 is 14.7 Å². The second kappa shape index (κ2) is 10.3. The molecular formula is C33H25N3O3. The van der Waals surface area contributed by atoms with E-state index in [1.807, 2.05) is 60.9 Å². The maximum atomic E-state index is 13.6. The van der Waals surface area contributed by atoms with E-state index in [0.29, 0.717) is 12.0 Å². The molecule has 2 aromatic heterocycles. The Morgan fingerprint density at radius 3 is 2.26 bits per heavy atom. The van der Waals surface area contributed by atoms with Gasteiger partial charge in [-0.25, -0.2) is 9.31 Å². The quantitative estimate of drug-likeness (QED) is 0.261. The Balaban J connectivity index is 1.36. The lowest BCUT2D eigenvalue weighted by molar-refractivity contribution is 0.0696. The zero-order chi connectivity index (χ0) is 26.8. The van der Waals surface area contributed by atoms with E-state index in [0.717, 1.165) is 33.3 Å². The molecule has 0 aliphatic heterocycles. The van der Waals surface area contributed by atoms with Gasteiger partial charge in [-0.05, 0) is 45.7 Å². The fourth-order valence-corrected chi connectivity index (χ4v) is 4.89. The second-order valence-corrected chi connectivity index (χ2v) is 9.51. The van der Waals surface area contributed by atoms with Gasteiger partial charge < -0.3 is 10.4 Å². The van der Waals surface area contributed by atoms with Crippen molar-refractivity contribution in [1.82, 2.24) is 14.9 Å². The van der Waals surface area contributed by atoms with E-state index in [9.17, 15) is 9.59 Å². The van der Waals surface area contributed by atoms with Crippen LogP contribution < -0.4 is 5.32 Å². The van der Waals surface area contributed by atoms with Gasteiger partial charge >= 0.3 is 5.97 Å². The lowest BCUT2D eigenvalue weighted by Crippen LogP contribution is -2.23. The van der Waals surface area contributed by atoms with Crippen molar-refractivity contribution in [3.63, 3.8) is 0 Å². The Labute approximate surface area is 225 Å². The molecule has 190 valence electrons. The maximum absolute atomic E-state index is 13.6. The first-order valence-electron chi connectivity index (χ1n) is 12.7. The van der Waals surface area contributed by atoms with Gasteiger partial charge in [0.1, 0.15) is 0 Å². The first kappa shape index (κ1) is 24.1. The summed E-state index contributed by atoms with van der Waals surface area (Å²) in [6, 6.07) is 33.0. The van der Waals surface area contributed by atoms with Crippen LogP contribution in [0.3, 0.4) is 0 Å². The lowest BCUT2D eigenvalue weighted by Gasteiger charge is -2.12. The summed E-state index contributed by atoms with van der Waals surface area (Å²) >= 11 is 0. The van der Waals surface area contributed by atoms with E-state index in [-0.39, 0.29) is 18.0 Å². The number of amides is 1. The Hall–Kier alpha value is -5.23. The van der Waals surface area contributed by atoms with Gasteiger partial charge in [0.25, 0.3) is 5.91 Å². The van der Waals surface area contributed by atoms with Gasteiger partial charge in [0.05, 0.1) is 22.8 Å². The molecule has 4 aromatic carbocycles. The van der Waals surface area contributed by atoms with Gasteiger partial charge in [0.2, 0.25) is 0 Å². The smallest absolute Gasteiger partial charge is 0.335 e. The predicted octanol–water partition coefficient (Wildman–Crippen LogP) is 6.37. The number of aromatic nitrogens is 2. The number of benzene rings is 4. The Kier molecular flexibility index (Phi) is 6.35. The molecule has 0 aliphatic carbocycles. The van der Waals surface area contributed by atoms with Crippen molar-refractivity contribution in [3.8, 4) is 11.1 Å². The number of carboxylic acid groups (broad SMARTS) is 1. The third-order valence-electron chi connectivity index (χ3n) is 6.90. The van der Waals surface area contributed by atoms with Crippen molar-refractivity contribution in [3.05, 3.63) is 143 Å². The van der Waals surface area contributed by atoms with Crippen LogP contribution in [-0.4, -0.2) is 26.6 Å². The topological polar surface area (TPSA) is 83.7 Å². The highest BCUT2D eigenvalue weighted by Gasteiger charge is 2.18. The number of aromatic carboxylic acids is 1. The number of nitrogens with zero attached hydrogens (tertiary/aromatic N) is 2. The fourth-order valence-electron chi connectivity index (χ4n) is 4.89. The number of carbonyl (C=O) groups is 2. The first-order valence-corrected chi connectivity index (χ1v) is 12.7. The summed E-state index contributed by atoms with van der Waals surface area (Å²) in [7, 11) is 0. The number of carboxylic acids is 1. The van der Waals surface area contributed by atoms with E-state index in [2.05, 4.69) is 40.7 Å². The van der Waals surface area contributed by atoms with Gasteiger partial charge in [0, 0.05) is 30.3 Å². The van der Waals surface area contributed by atoms with Gasteiger partial charge in [0.15, 0.2) is 0 Å². The largest absolute Gasteiger partial charge is 0.478 e. The van der Waals surface area contributed by atoms with E-state index >= 15 is 0 Å². The molecule has 6 nitrogen and oxygen atoms in total. The SMILES string of the molecule is O=C(O)c1ccc(CNC(=O)c2cc(-c3ccccc3)cn3ncc(Cc4ccc5ccccc5c4)c23)cc1. The summed E-state index contributed by atoms with van der Waals surface area (Å²) < 4.78 is 1.79. The zero-order valence-corrected chi connectivity index (χ0v) is 21.0. The van der Waals surface area contributed by atoms with Crippen LogP contribution in [0.2, 0.25) is 0 Å². The zero-order valence-electron chi connectivity index (χ0n) is 21.0. The molecule has 0 unspecified atom stereocenters. The molecule has 6 aromatic rings. The molecule has 0 radical (unpaired) electrons. The molecule has 39 heavy (non-hydrogen) atoms.